The van der Waals surface area contributed by atoms with E-state index in [0.29, 0.717) is 23.6 Å². The average molecular weight is 293 g/mol. The lowest BCUT2D eigenvalue weighted by Crippen LogP contribution is -2.28. The third-order valence-electron chi connectivity index (χ3n) is 3.93. The number of Topliss-reactive ketones (excluding diaryl/α,β-unsaturated/α-hetero) is 1. The molecule has 0 fully saturated rings. The summed E-state index contributed by atoms with van der Waals surface area (Å²) in [4.78, 5) is 25.3. The summed E-state index contributed by atoms with van der Waals surface area (Å²) in [6, 6.07) is 3.70. The van der Waals surface area contributed by atoms with E-state index in [9.17, 15) is 4.79 Å². The Morgan fingerprint density at radius 2 is 1.91 bits per heavy atom. The van der Waals surface area contributed by atoms with Crippen molar-refractivity contribution in [2.75, 3.05) is 0 Å². The van der Waals surface area contributed by atoms with Crippen molar-refractivity contribution >= 4 is 11.6 Å². The van der Waals surface area contributed by atoms with Gasteiger partial charge in [-0.1, -0.05) is 13.8 Å². The summed E-state index contributed by atoms with van der Waals surface area (Å²) in [5, 5.41) is 4.42. The molecule has 6 heteroatoms. The van der Waals surface area contributed by atoms with E-state index in [0.717, 1.165) is 17.7 Å². The molecule has 110 valence electrons. The summed E-state index contributed by atoms with van der Waals surface area (Å²) >= 11 is 0. The minimum atomic E-state index is -0.0522. The van der Waals surface area contributed by atoms with E-state index in [2.05, 4.69) is 33.9 Å². The molecule has 0 amide bonds. The van der Waals surface area contributed by atoms with Gasteiger partial charge in [-0.25, -0.2) is 9.50 Å². The van der Waals surface area contributed by atoms with Gasteiger partial charge in [0.15, 0.2) is 11.6 Å². The second-order valence-corrected chi connectivity index (χ2v) is 6.46. The maximum atomic E-state index is 12.3. The minimum Gasteiger partial charge on any atom is -0.294 e. The number of pyridine rings is 1. The van der Waals surface area contributed by atoms with Crippen LogP contribution < -0.4 is 0 Å². The first-order chi connectivity index (χ1) is 10.5. The van der Waals surface area contributed by atoms with Crippen LogP contribution >= 0.6 is 0 Å². The van der Waals surface area contributed by atoms with Gasteiger partial charge in [0.2, 0.25) is 0 Å². The van der Waals surface area contributed by atoms with Crippen LogP contribution in [-0.2, 0) is 6.42 Å². The summed E-state index contributed by atoms with van der Waals surface area (Å²) in [6.07, 6.45) is 6.48. The molecule has 0 N–H and O–H groups in total. The number of fused-ring (bicyclic) bond motifs is 2. The lowest BCUT2D eigenvalue weighted by atomic mass is 9.76. The lowest BCUT2D eigenvalue weighted by Gasteiger charge is -2.28. The number of aromatic nitrogens is 5. The zero-order valence-electron chi connectivity index (χ0n) is 12.4. The van der Waals surface area contributed by atoms with Crippen molar-refractivity contribution in [1.29, 1.82) is 0 Å². The molecule has 0 saturated carbocycles. The summed E-state index contributed by atoms with van der Waals surface area (Å²) in [7, 11) is 0. The van der Waals surface area contributed by atoms with Gasteiger partial charge in [-0.15, -0.1) is 5.10 Å². The molecule has 3 aromatic rings. The monoisotopic (exact) mass is 293 g/mol. The summed E-state index contributed by atoms with van der Waals surface area (Å²) in [5.41, 5.74) is 2.31. The van der Waals surface area contributed by atoms with Crippen molar-refractivity contribution < 1.29 is 4.79 Å². The Hall–Kier alpha value is -2.63. The molecular weight excluding hydrogens is 278 g/mol. The first-order valence-corrected chi connectivity index (χ1v) is 7.22. The first kappa shape index (κ1) is 13.1. The summed E-state index contributed by atoms with van der Waals surface area (Å²) in [5.74, 6) is 1.24. The highest BCUT2D eigenvalue weighted by atomic mass is 16.1. The van der Waals surface area contributed by atoms with Crippen molar-refractivity contribution in [2.24, 2.45) is 5.41 Å². The molecule has 0 radical (unpaired) electrons. The number of nitrogens with zero attached hydrogens (tertiary/aromatic N) is 5. The van der Waals surface area contributed by atoms with Crippen LogP contribution in [0.15, 0.2) is 30.7 Å². The molecule has 6 nitrogen and oxygen atoms in total. The van der Waals surface area contributed by atoms with E-state index in [1.165, 1.54) is 0 Å². The molecule has 0 saturated heterocycles. The highest BCUT2D eigenvalue weighted by Crippen LogP contribution is 2.33. The molecule has 22 heavy (non-hydrogen) atoms. The molecular formula is C16H15N5O. The summed E-state index contributed by atoms with van der Waals surface area (Å²) in [6.45, 7) is 4.18. The second-order valence-electron chi connectivity index (χ2n) is 6.46. The van der Waals surface area contributed by atoms with Crippen LogP contribution in [0.2, 0.25) is 0 Å². The smallest absolute Gasteiger partial charge is 0.252 e. The molecule has 3 aromatic heterocycles. The van der Waals surface area contributed by atoms with E-state index in [-0.39, 0.29) is 11.2 Å². The lowest BCUT2D eigenvalue weighted by molar-refractivity contribution is 0.0909. The fourth-order valence-corrected chi connectivity index (χ4v) is 2.89. The van der Waals surface area contributed by atoms with Gasteiger partial charge in [0.05, 0.1) is 11.3 Å². The van der Waals surface area contributed by atoms with Crippen LogP contribution in [0.4, 0.5) is 0 Å². The van der Waals surface area contributed by atoms with Gasteiger partial charge >= 0.3 is 0 Å². The number of carbonyl (C=O) groups excluding carboxylic acids is 1. The van der Waals surface area contributed by atoms with Gasteiger partial charge in [0, 0.05) is 30.6 Å². The zero-order chi connectivity index (χ0) is 15.3. The minimum absolute atomic E-state index is 0.0522. The third-order valence-corrected chi connectivity index (χ3v) is 3.93. The van der Waals surface area contributed by atoms with Crippen molar-refractivity contribution in [3.8, 4) is 11.4 Å². The zero-order valence-corrected chi connectivity index (χ0v) is 12.4. The van der Waals surface area contributed by atoms with Gasteiger partial charge in [0.25, 0.3) is 5.78 Å². The van der Waals surface area contributed by atoms with Crippen molar-refractivity contribution in [2.45, 2.75) is 26.7 Å². The predicted molar refractivity (Wildman–Crippen MR) is 80.4 cm³/mol. The highest BCUT2D eigenvalue weighted by Gasteiger charge is 2.32. The second kappa shape index (κ2) is 4.43. The largest absolute Gasteiger partial charge is 0.294 e. The number of hydrogen-bond donors (Lipinski definition) is 0. The molecule has 0 unspecified atom stereocenters. The van der Waals surface area contributed by atoms with Crippen molar-refractivity contribution in [3.05, 3.63) is 42.0 Å². The standard InChI is InChI=1S/C16H15N5O/c1-16(2)7-12-11(13(22)8-16)9-21-15(18-12)19-14(20-21)10-3-5-17-6-4-10/h3-6,9H,7-8H2,1-2H3. The number of carbonyl (C=O) groups is 1. The van der Waals surface area contributed by atoms with Gasteiger partial charge in [-0.3, -0.25) is 9.78 Å². The summed E-state index contributed by atoms with van der Waals surface area (Å²) < 4.78 is 1.59. The van der Waals surface area contributed by atoms with Gasteiger partial charge in [0.1, 0.15) is 0 Å². The molecule has 0 spiro atoms. The fraction of sp³-hybridized carbons (Fsp3) is 0.312. The Kier molecular flexibility index (Phi) is 2.63. The fourth-order valence-electron chi connectivity index (χ4n) is 2.89. The van der Waals surface area contributed by atoms with E-state index in [4.69, 9.17) is 0 Å². The Balaban J connectivity index is 1.87. The first-order valence-electron chi connectivity index (χ1n) is 7.22. The Labute approximate surface area is 127 Å². The topological polar surface area (TPSA) is 73.0 Å². The van der Waals surface area contributed by atoms with Crippen molar-refractivity contribution in [1.82, 2.24) is 24.6 Å². The quantitative estimate of drug-likeness (QED) is 0.688. The molecule has 0 bridgehead atoms. The van der Waals surface area contributed by atoms with Crippen molar-refractivity contribution in [3.63, 3.8) is 0 Å². The van der Waals surface area contributed by atoms with Crippen LogP contribution in [-0.4, -0.2) is 30.3 Å². The molecule has 0 atom stereocenters. The van der Waals surface area contributed by atoms with Gasteiger partial charge in [-0.2, -0.15) is 4.98 Å². The molecule has 0 aromatic carbocycles. The van der Waals surface area contributed by atoms with Gasteiger partial charge < -0.3 is 0 Å². The van der Waals surface area contributed by atoms with E-state index < -0.39 is 0 Å². The number of rotatable bonds is 1. The SMILES string of the molecule is CC1(C)CC(=O)c2cn3nc(-c4ccncc4)nc3nc2C1. The van der Waals surface area contributed by atoms with Crippen LogP contribution in [0.25, 0.3) is 17.2 Å². The Bertz CT molecular complexity index is 882. The van der Waals surface area contributed by atoms with Crippen LogP contribution in [0, 0.1) is 5.41 Å². The van der Waals surface area contributed by atoms with E-state index in [1.807, 2.05) is 12.1 Å². The highest BCUT2D eigenvalue weighted by molar-refractivity contribution is 5.98. The molecule has 3 heterocycles. The van der Waals surface area contributed by atoms with E-state index in [1.54, 1.807) is 23.1 Å². The molecule has 1 aliphatic rings. The Morgan fingerprint density at radius 3 is 2.68 bits per heavy atom. The maximum Gasteiger partial charge on any atom is 0.252 e. The maximum absolute atomic E-state index is 12.3. The predicted octanol–water partition coefficient (Wildman–Crippen LogP) is 2.34. The molecule has 1 aliphatic carbocycles. The number of hydrogen-bond acceptors (Lipinski definition) is 5. The third kappa shape index (κ3) is 2.07. The van der Waals surface area contributed by atoms with Crippen LogP contribution in [0.5, 0.6) is 0 Å². The van der Waals surface area contributed by atoms with Gasteiger partial charge in [-0.05, 0) is 24.0 Å². The normalized spacial score (nSPS) is 16.7. The van der Waals surface area contributed by atoms with E-state index >= 15 is 0 Å². The number of ketones is 1. The average Bonchev–Trinajstić information content (AvgIpc) is 2.88. The Morgan fingerprint density at radius 1 is 1.14 bits per heavy atom. The molecule has 4 rings (SSSR count). The van der Waals surface area contributed by atoms with Crippen LogP contribution in [0.3, 0.4) is 0 Å². The van der Waals surface area contributed by atoms with Crippen LogP contribution in [0.1, 0.15) is 36.3 Å². The molecule has 0 aliphatic heterocycles.